The lowest BCUT2D eigenvalue weighted by Crippen LogP contribution is -2.40. The van der Waals surface area contributed by atoms with E-state index in [0.717, 1.165) is 39.4 Å². The highest BCUT2D eigenvalue weighted by Gasteiger charge is 2.24. The van der Waals surface area contributed by atoms with Crippen molar-refractivity contribution in [1.29, 1.82) is 0 Å². The third kappa shape index (κ3) is 3.42. The van der Waals surface area contributed by atoms with Gasteiger partial charge in [0.15, 0.2) is 5.82 Å². The highest BCUT2D eigenvalue weighted by Crippen LogP contribution is 2.25. The van der Waals surface area contributed by atoms with E-state index in [9.17, 15) is 9.59 Å². The molecule has 0 aliphatic carbocycles. The van der Waals surface area contributed by atoms with Gasteiger partial charge in [0, 0.05) is 42.1 Å². The Kier molecular flexibility index (Phi) is 5.23. The lowest BCUT2D eigenvalue weighted by atomic mass is 10.2. The number of imide groups is 1. The fourth-order valence-electron chi connectivity index (χ4n) is 3.13. The topological polar surface area (TPSA) is 74.2 Å². The van der Waals surface area contributed by atoms with E-state index in [4.69, 9.17) is 11.6 Å². The molecular formula is C19H22ClN5O2. The fraction of sp³-hybridized carbons (Fsp3) is 0.316. The molecule has 0 atom stereocenters. The van der Waals surface area contributed by atoms with Gasteiger partial charge in [0.05, 0.1) is 12.2 Å². The molecule has 3 rings (SSSR count). The van der Waals surface area contributed by atoms with E-state index in [2.05, 4.69) is 9.97 Å². The average molecular weight is 388 g/mol. The van der Waals surface area contributed by atoms with Crippen LogP contribution in [-0.4, -0.2) is 38.9 Å². The molecule has 1 N–H and O–H groups in total. The lowest BCUT2D eigenvalue weighted by molar-refractivity contribution is -0.116. The van der Waals surface area contributed by atoms with Crippen molar-refractivity contribution in [3.05, 3.63) is 46.5 Å². The summed E-state index contributed by atoms with van der Waals surface area (Å²) < 4.78 is 1.95. The van der Waals surface area contributed by atoms with Gasteiger partial charge in [0.25, 0.3) is 0 Å². The number of nitrogens with zero attached hydrogens (tertiary/aromatic N) is 4. The van der Waals surface area contributed by atoms with E-state index in [1.807, 2.05) is 43.7 Å². The average Bonchev–Trinajstić information content (AvgIpc) is 3.21. The number of anilines is 1. The summed E-state index contributed by atoms with van der Waals surface area (Å²) in [6.45, 7) is 4.02. The molecule has 3 amide bonds. The normalized spacial score (nSPS) is 11.0. The van der Waals surface area contributed by atoms with Crippen molar-refractivity contribution in [3.63, 3.8) is 0 Å². The molecule has 0 spiro atoms. The molecule has 0 saturated heterocycles. The standard InChI is InChI=1S/C19H22ClN5O2/c1-5-17-22-18(12(2)23(17)3)24(4)19(27)25(11-26)10-13-9-14-15(20)7-6-8-16(14)21-13/h6-9,11,21H,5,10H2,1-4H3. The van der Waals surface area contributed by atoms with Gasteiger partial charge >= 0.3 is 6.03 Å². The smallest absolute Gasteiger partial charge is 0.332 e. The Hall–Kier alpha value is -2.80. The van der Waals surface area contributed by atoms with Crippen molar-refractivity contribution in [2.45, 2.75) is 26.8 Å². The van der Waals surface area contributed by atoms with Crippen LogP contribution in [0.1, 0.15) is 24.1 Å². The largest absolute Gasteiger partial charge is 0.357 e. The van der Waals surface area contributed by atoms with Crippen LogP contribution in [0.15, 0.2) is 24.3 Å². The number of urea groups is 1. The van der Waals surface area contributed by atoms with E-state index < -0.39 is 6.03 Å². The second kappa shape index (κ2) is 7.44. The predicted molar refractivity (Wildman–Crippen MR) is 106 cm³/mol. The van der Waals surface area contributed by atoms with E-state index in [1.54, 1.807) is 13.1 Å². The van der Waals surface area contributed by atoms with E-state index in [1.165, 1.54) is 4.90 Å². The summed E-state index contributed by atoms with van der Waals surface area (Å²) in [6, 6.07) is 6.94. The maximum absolute atomic E-state index is 12.9. The Balaban J connectivity index is 1.85. The van der Waals surface area contributed by atoms with Gasteiger partial charge < -0.3 is 9.55 Å². The molecule has 0 aliphatic rings. The molecular weight excluding hydrogens is 366 g/mol. The SMILES string of the molecule is CCc1nc(N(C)C(=O)N(C=O)Cc2cc3c(Cl)cccc3[nH]2)c(C)n1C. The summed E-state index contributed by atoms with van der Waals surface area (Å²) in [5.74, 6) is 1.43. The van der Waals surface area contributed by atoms with Gasteiger partial charge in [-0.3, -0.25) is 14.6 Å². The number of halogens is 1. The second-order valence-electron chi connectivity index (χ2n) is 6.42. The molecule has 0 unspecified atom stereocenters. The number of hydrogen-bond donors (Lipinski definition) is 1. The molecule has 7 nitrogen and oxygen atoms in total. The highest BCUT2D eigenvalue weighted by atomic mass is 35.5. The molecule has 8 heteroatoms. The molecule has 0 saturated carbocycles. The number of hydrogen-bond acceptors (Lipinski definition) is 3. The van der Waals surface area contributed by atoms with Gasteiger partial charge in [-0.1, -0.05) is 24.6 Å². The Bertz CT molecular complexity index is 1010. The van der Waals surface area contributed by atoms with Crippen molar-refractivity contribution >= 4 is 40.8 Å². The Labute approximate surface area is 162 Å². The van der Waals surface area contributed by atoms with Gasteiger partial charge in [-0.2, -0.15) is 0 Å². The van der Waals surface area contributed by atoms with Crippen molar-refractivity contribution in [2.75, 3.05) is 11.9 Å². The maximum Gasteiger partial charge on any atom is 0.332 e. The first kappa shape index (κ1) is 19.0. The van der Waals surface area contributed by atoms with Crippen LogP contribution < -0.4 is 4.90 Å². The van der Waals surface area contributed by atoms with E-state index in [-0.39, 0.29) is 6.54 Å². The van der Waals surface area contributed by atoms with Crippen molar-refractivity contribution in [3.8, 4) is 0 Å². The van der Waals surface area contributed by atoms with Crippen molar-refractivity contribution in [2.24, 2.45) is 7.05 Å². The number of aromatic amines is 1. The van der Waals surface area contributed by atoms with Crippen LogP contribution in [0.25, 0.3) is 10.9 Å². The molecule has 3 aromatic rings. The van der Waals surface area contributed by atoms with Crippen LogP contribution in [0, 0.1) is 6.92 Å². The zero-order chi connectivity index (χ0) is 19.7. The molecule has 27 heavy (non-hydrogen) atoms. The summed E-state index contributed by atoms with van der Waals surface area (Å²) >= 11 is 6.19. The van der Waals surface area contributed by atoms with Crippen LogP contribution >= 0.6 is 11.6 Å². The monoisotopic (exact) mass is 387 g/mol. The minimum atomic E-state index is -0.446. The van der Waals surface area contributed by atoms with Crippen LogP contribution in [-0.2, 0) is 24.8 Å². The predicted octanol–water partition coefficient (Wildman–Crippen LogP) is 3.64. The summed E-state index contributed by atoms with van der Waals surface area (Å²) in [5, 5.41) is 1.47. The van der Waals surface area contributed by atoms with Gasteiger partial charge in [-0.15, -0.1) is 0 Å². The molecule has 0 radical (unpaired) electrons. The third-order valence-corrected chi connectivity index (χ3v) is 5.08. The van der Waals surface area contributed by atoms with Gasteiger partial charge in [0.1, 0.15) is 5.82 Å². The number of aryl methyl sites for hydroxylation is 1. The molecule has 142 valence electrons. The second-order valence-corrected chi connectivity index (χ2v) is 6.83. The minimum absolute atomic E-state index is 0.115. The van der Waals surface area contributed by atoms with Crippen LogP contribution in [0.5, 0.6) is 0 Å². The summed E-state index contributed by atoms with van der Waals surface area (Å²) in [7, 11) is 3.53. The molecule has 2 heterocycles. The zero-order valence-electron chi connectivity index (χ0n) is 15.8. The first-order valence-electron chi connectivity index (χ1n) is 8.65. The van der Waals surface area contributed by atoms with E-state index >= 15 is 0 Å². The summed E-state index contributed by atoms with van der Waals surface area (Å²) in [5.41, 5.74) is 2.45. The molecule has 1 aromatic carbocycles. The molecule has 0 aliphatic heterocycles. The zero-order valence-corrected chi connectivity index (χ0v) is 16.5. The Morgan fingerprint density at radius 3 is 2.74 bits per heavy atom. The number of amides is 3. The van der Waals surface area contributed by atoms with Gasteiger partial charge in [-0.25, -0.2) is 9.78 Å². The van der Waals surface area contributed by atoms with Crippen LogP contribution in [0.2, 0.25) is 5.02 Å². The number of carbonyl (C=O) groups is 2. The first-order valence-corrected chi connectivity index (χ1v) is 9.03. The minimum Gasteiger partial charge on any atom is -0.357 e. The number of H-pyrrole nitrogens is 1. The van der Waals surface area contributed by atoms with Crippen LogP contribution in [0.4, 0.5) is 10.6 Å². The summed E-state index contributed by atoms with van der Waals surface area (Å²) in [4.78, 5) is 34.7. The highest BCUT2D eigenvalue weighted by molar-refractivity contribution is 6.35. The summed E-state index contributed by atoms with van der Waals surface area (Å²) in [6.07, 6.45) is 1.29. The van der Waals surface area contributed by atoms with E-state index in [0.29, 0.717) is 17.3 Å². The molecule has 2 aromatic heterocycles. The molecule has 0 bridgehead atoms. The first-order chi connectivity index (χ1) is 12.9. The number of fused-ring (bicyclic) bond motifs is 1. The maximum atomic E-state index is 12.9. The fourth-order valence-corrected chi connectivity index (χ4v) is 3.36. The van der Waals surface area contributed by atoms with Gasteiger partial charge in [0.2, 0.25) is 6.41 Å². The number of imidazole rings is 1. The number of benzene rings is 1. The number of carbonyl (C=O) groups excluding carboxylic acids is 2. The Morgan fingerprint density at radius 2 is 2.15 bits per heavy atom. The third-order valence-electron chi connectivity index (χ3n) is 4.75. The Morgan fingerprint density at radius 1 is 1.41 bits per heavy atom. The lowest BCUT2D eigenvalue weighted by Gasteiger charge is -2.22. The number of nitrogens with one attached hydrogen (secondary N) is 1. The number of rotatable bonds is 5. The quantitative estimate of drug-likeness (QED) is 0.679. The molecule has 0 fully saturated rings. The van der Waals surface area contributed by atoms with Crippen molar-refractivity contribution < 1.29 is 9.59 Å². The number of aromatic nitrogens is 3. The van der Waals surface area contributed by atoms with Crippen molar-refractivity contribution in [1.82, 2.24) is 19.4 Å². The van der Waals surface area contributed by atoms with Crippen LogP contribution in [0.3, 0.4) is 0 Å². The van der Waals surface area contributed by atoms with Gasteiger partial charge in [-0.05, 0) is 25.1 Å².